The lowest BCUT2D eigenvalue weighted by Gasteiger charge is -2.06. The molecule has 0 radical (unpaired) electrons. The standard InChI is InChI=1S/C13H16O/c14-13-9-8-12(10-13)7-6-11-4-2-1-3-5-11/h1-5,12H,6-10H2. The molecule has 2 rings (SSSR count). The summed E-state index contributed by atoms with van der Waals surface area (Å²) in [6, 6.07) is 10.5. The highest BCUT2D eigenvalue weighted by Crippen LogP contribution is 2.26. The first-order valence-corrected chi connectivity index (χ1v) is 5.40. The Bertz CT molecular complexity index is 302. The van der Waals surface area contributed by atoms with Crippen molar-refractivity contribution in [1.82, 2.24) is 0 Å². The molecule has 0 spiro atoms. The van der Waals surface area contributed by atoms with Crippen molar-refractivity contribution < 1.29 is 4.79 Å². The van der Waals surface area contributed by atoms with Crippen LogP contribution in [0, 0.1) is 5.92 Å². The van der Waals surface area contributed by atoms with E-state index in [0.29, 0.717) is 11.7 Å². The van der Waals surface area contributed by atoms with Crippen LogP contribution in [0.25, 0.3) is 0 Å². The van der Waals surface area contributed by atoms with Crippen LogP contribution in [0.5, 0.6) is 0 Å². The maximum Gasteiger partial charge on any atom is 0.133 e. The molecule has 1 unspecified atom stereocenters. The Hall–Kier alpha value is -1.11. The maximum absolute atomic E-state index is 11.1. The van der Waals surface area contributed by atoms with Crippen molar-refractivity contribution in [2.45, 2.75) is 32.1 Å². The lowest BCUT2D eigenvalue weighted by Crippen LogP contribution is -1.97. The van der Waals surface area contributed by atoms with E-state index in [1.807, 2.05) is 6.07 Å². The molecule has 0 amide bonds. The summed E-state index contributed by atoms with van der Waals surface area (Å²) in [5.41, 5.74) is 1.40. The first kappa shape index (κ1) is 9.45. The molecule has 1 fully saturated rings. The fourth-order valence-electron chi connectivity index (χ4n) is 2.15. The number of carbonyl (C=O) groups excluding carboxylic acids is 1. The molecule has 1 atom stereocenters. The number of ketones is 1. The second kappa shape index (κ2) is 4.41. The van der Waals surface area contributed by atoms with Crippen molar-refractivity contribution in [3.8, 4) is 0 Å². The minimum Gasteiger partial charge on any atom is -0.300 e. The second-order valence-electron chi connectivity index (χ2n) is 4.17. The van der Waals surface area contributed by atoms with E-state index in [4.69, 9.17) is 0 Å². The van der Waals surface area contributed by atoms with Gasteiger partial charge in [-0.1, -0.05) is 30.3 Å². The highest BCUT2D eigenvalue weighted by molar-refractivity contribution is 5.80. The van der Waals surface area contributed by atoms with Gasteiger partial charge >= 0.3 is 0 Å². The summed E-state index contributed by atoms with van der Waals surface area (Å²) in [6.45, 7) is 0. The van der Waals surface area contributed by atoms with E-state index in [2.05, 4.69) is 24.3 Å². The number of Topliss-reactive ketones (excluding diaryl/α,β-unsaturated/α-hetero) is 1. The third-order valence-corrected chi connectivity index (χ3v) is 3.03. The van der Waals surface area contributed by atoms with Crippen molar-refractivity contribution >= 4 is 5.78 Å². The Kier molecular flexibility index (Phi) is 2.97. The van der Waals surface area contributed by atoms with E-state index < -0.39 is 0 Å². The minimum atomic E-state index is 0.461. The molecule has 0 saturated heterocycles. The molecule has 1 saturated carbocycles. The SMILES string of the molecule is O=C1CCC(CCc2ccccc2)C1. The molecule has 14 heavy (non-hydrogen) atoms. The fraction of sp³-hybridized carbons (Fsp3) is 0.462. The van der Waals surface area contributed by atoms with Crippen LogP contribution in [0.3, 0.4) is 0 Å². The van der Waals surface area contributed by atoms with Gasteiger partial charge in [0.2, 0.25) is 0 Å². The normalized spacial score (nSPS) is 21.4. The van der Waals surface area contributed by atoms with Gasteiger partial charge in [0.15, 0.2) is 0 Å². The Morgan fingerprint density at radius 2 is 2.00 bits per heavy atom. The summed E-state index contributed by atoms with van der Waals surface area (Å²) in [4.78, 5) is 11.1. The van der Waals surface area contributed by atoms with Crippen molar-refractivity contribution in [2.24, 2.45) is 5.92 Å². The Labute approximate surface area is 85.1 Å². The number of hydrogen-bond donors (Lipinski definition) is 0. The molecule has 0 aliphatic heterocycles. The van der Waals surface area contributed by atoms with Crippen LogP contribution < -0.4 is 0 Å². The molecule has 0 bridgehead atoms. The van der Waals surface area contributed by atoms with E-state index in [-0.39, 0.29) is 0 Å². The van der Waals surface area contributed by atoms with Crippen LogP contribution in [-0.2, 0) is 11.2 Å². The average molecular weight is 188 g/mol. The molecule has 0 N–H and O–H groups in total. The van der Waals surface area contributed by atoms with Gasteiger partial charge < -0.3 is 0 Å². The maximum atomic E-state index is 11.1. The third-order valence-electron chi connectivity index (χ3n) is 3.03. The van der Waals surface area contributed by atoms with Gasteiger partial charge in [-0.05, 0) is 30.7 Å². The zero-order chi connectivity index (χ0) is 9.80. The van der Waals surface area contributed by atoms with E-state index in [1.165, 1.54) is 12.0 Å². The topological polar surface area (TPSA) is 17.1 Å². The Morgan fingerprint density at radius 3 is 2.64 bits per heavy atom. The first-order valence-electron chi connectivity index (χ1n) is 5.40. The molecule has 74 valence electrons. The fourth-order valence-corrected chi connectivity index (χ4v) is 2.15. The van der Waals surface area contributed by atoms with Crippen molar-refractivity contribution in [2.75, 3.05) is 0 Å². The minimum absolute atomic E-state index is 0.461. The van der Waals surface area contributed by atoms with Gasteiger partial charge in [0.1, 0.15) is 5.78 Å². The van der Waals surface area contributed by atoms with Crippen LogP contribution in [0.2, 0.25) is 0 Å². The largest absolute Gasteiger partial charge is 0.300 e. The predicted octanol–water partition coefficient (Wildman–Crippen LogP) is 2.99. The molecule has 1 aromatic carbocycles. The molecule has 1 aliphatic carbocycles. The van der Waals surface area contributed by atoms with Crippen LogP contribution in [-0.4, -0.2) is 5.78 Å². The second-order valence-corrected chi connectivity index (χ2v) is 4.17. The summed E-state index contributed by atoms with van der Waals surface area (Å²) >= 11 is 0. The van der Waals surface area contributed by atoms with E-state index >= 15 is 0 Å². The molecule has 1 nitrogen and oxygen atoms in total. The highest BCUT2D eigenvalue weighted by Gasteiger charge is 2.21. The molecule has 0 heterocycles. The number of aryl methyl sites for hydroxylation is 1. The zero-order valence-electron chi connectivity index (χ0n) is 8.41. The number of rotatable bonds is 3. The number of carbonyl (C=O) groups is 1. The van der Waals surface area contributed by atoms with Gasteiger partial charge in [0, 0.05) is 12.8 Å². The van der Waals surface area contributed by atoms with Crippen LogP contribution >= 0.6 is 0 Å². The predicted molar refractivity (Wildman–Crippen MR) is 57.1 cm³/mol. The molecule has 0 aromatic heterocycles. The van der Waals surface area contributed by atoms with Gasteiger partial charge in [0.25, 0.3) is 0 Å². The zero-order valence-corrected chi connectivity index (χ0v) is 8.41. The van der Waals surface area contributed by atoms with Gasteiger partial charge in [0.05, 0.1) is 0 Å². The molecule has 1 aromatic rings. The lowest BCUT2D eigenvalue weighted by molar-refractivity contribution is -0.117. The van der Waals surface area contributed by atoms with Gasteiger partial charge in [-0.25, -0.2) is 0 Å². The van der Waals surface area contributed by atoms with Crippen LogP contribution in [0.4, 0.5) is 0 Å². The summed E-state index contributed by atoms with van der Waals surface area (Å²) in [6.07, 6.45) is 5.06. The van der Waals surface area contributed by atoms with Crippen LogP contribution in [0.1, 0.15) is 31.2 Å². The summed E-state index contributed by atoms with van der Waals surface area (Å²) in [7, 11) is 0. The van der Waals surface area contributed by atoms with Gasteiger partial charge in [-0.2, -0.15) is 0 Å². The van der Waals surface area contributed by atoms with E-state index in [9.17, 15) is 4.79 Å². The van der Waals surface area contributed by atoms with Crippen molar-refractivity contribution in [1.29, 1.82) is 0 Å². The third kappa shape index (κ3) is 2.44. The van der Waals surface area contributed by atoms with Crippen molar-refractivity contribution in [3.63, 3.8) is 0 Å². The lowest BCUT2D eigenvalue weighted by atomic mass is 9.98. The molecule has 1 heteroatoms. The summed E-state index contributed by atoms with van der Waals surface area (Å²) in [5.74, 6) is 1.12. The summed E-state index contributed by atoms with van der Waals surface area (Å²) < 4.78 is 0. The van der Waals surface area contributed by atoms with Crippen molar-refractivity contribution in [3.05, 3.63) is 35.9 Å². The smallest absolute Gasteiger partial charge is 0.133 e. The van der Waals surface area contributed by atoms with E-state index in [0.717, 1.165) is 25.7 Å². The number of benzene rings is 1. The monoisotopic (exact) mass is 188 g/mol. The Balaban J connectivity index is 1.80. The summed E-state index contributed by atoms with van der Waals surface area (Å²) in [5, 5.41) is 0. The molecular weight excluding hydrogens is 172 g/mol. The number of hydrogen-bond acceptors (Lipinski definition) is 1. The van der Waals surface area contributed by atoms with Gasteiger partial charge in [-0.15, -0.1) is 0 Å². The van der Waals surface area contributed by atoms with Crippen LogP contribution in [0.15, 0.2) is 30.3 Å². The molecular formula is C13H16O. The molecule has 1 aliphatic rings. The first-order chi connectivity index (χ1) is 6.84. The van der Waals surface area contributed by atoms with E-state index in [1.54, 1.807) is 0 Å². The highest BCUT2D eigenvalue weighted by atomic mass is 16.1. The Morgan fingerprint density at radius 1 is 1.21 bits per heavy atom. The average Bonchev–Trinajstić information content (AvgIpc) is 2.63. The van der Waals surface area contributed by atoms with Gasteiger partial charge in [-0.3, -0.25) is 4.79 Å². The quantitative estimate of drug-likeness (QED) is 0.712.